The molecule has 2 rings (SSSR count). The summed E-state index contributed by atoms with van der Waals surface area (Å²) in [5.41, 5.74) is 9.17. The molecular formula is C15H23N3O. The lowest BCUT2D eigenvalue weighted by Crippen LogP contribution is -2.41. The number of hydrogen-bond acceptors (Lipinski definition) is 3. The fraction of sp³-hybridized carbons (Fsp3) is 0.533. The fourth-order valence-electron chi connectivity index (χ4n) is 2.80. The third kappa shape index (κ3) is 3.00. The fourth-order valence-corrected chi connectivity index (χ4v) is 2.80. The number of hydrogen-bond donors (Lipinski definition) is 2. The van der Waals surface area contributed by atoms with E-state index in [0.717, 1.165) is 24.3 Å². The average molecular weight is 261 g/mol. The molecule has 0 bridgehead atoms. The van der Waals surface area contributed by atoms with Crippen molar-refractivity contribution in [2.24, 2.45) is 16.3 Å². The summed E-state index contributed by atoms with van der Waals surface area (Å²) < 4.78 is 0. The van der Waals surface area contributed by atoms with Crippen LogP contribution in [0.25, 0.3) is 0 Å². The molecule has 19 heavy (non-hydrogen) atoms. The van der Waals surface area contributed by atoms with E-state index >= 15 is 0 Å². The number of nitrogens with zero attached hydrogens (tertiary/aromatic N) is 2. The molecule has 0 unspecified atom stereocenters. The van der Waals surface area contributed by atoms with Crippen LogP contribution in [0, 0.1) is 12.3 Å². The Bertz CT molecular complexity index is 494. The molecule has 0 spiro atoms. The van der Waals surface area contributed by atoms with Crippen molar-refractivity contribution in [1.29, 1.82) is 0 Å². The summed E-state index contributed by atoms with van der Waals surface area (Å²) in [6.45, 7) is 8.67. The Labute approximate surface area is 114 Å². The molecule has 1 aliphatic rings. The van der Waals surface area contributed by atoms with E-state index in [9.17, 15) is 0 Å². The lowest BCUT2D eigenvalue weighted by atomic mass is 9.83. The van der Waals surface area contributed by atoms with Crippen molar-refractivity contribution in [3.05, 3.63) is 29.3 Å². The number of oxime groups is 1. The predicted molar refractivity (Wildman–Crippen MR) is 78.9 cm³/mol. The molecule has 1 saturated heterocycles. The summed E-state index contributed by atoms with van der Waals surface area (Å²) in [5, 5.41) is 12.1. The first kappa shape index (κ1) is 13.7. The zero-order chi connectivity index (χ0) is 14.0. The SMILES string of the molecule is Cc1ccc(C(N)=NO)c(N2CCCC(C)(C)C2)c1. The van der Waals surface area contributed by atoms with Gasteiger partial charge in [0.2, 0.25) is 0 Å². The van der Waals surface area contributed by atoms with E-state index in [2.05, 4.69) is 36.9 Å². The Morgan fingerprint density at radius 1 is 1.42 bits per heavy atom. The molecule has 1 aromatic rings. The smallest absolute Gasteiger partial charge is 0.172 e. The minimum absolute atomic E-state index is 0.179. The lowest BCUT2D eigenvalue weighted by molar-refractivity contribution is 0.293. The van der Waals surface area contributed by atoms with Crippen molar-refractivity contribution in [2.45, 2.75) is 33.6 Å². The van der Waals surface area contributed by atoms with E-state index in [1.165, 1.54) is 18.4 Å². The normalized spacial score (nSPS) is 19.5. The summed E-state index contributed by atoms with van der Waals surface area (Å²) in [6, 6.07) is 6.04. The molecule has 0 aliphatic carbocycles. The number of amidine groups is 1. The summed E-state index contributed by atoms with van der Waals surface area (Å²) in [7, 11) is 0. The van der Waals surface area contributed by atoms with Crippen LogP contribution >= 0.6 is 0 Å². The number of benzene rings is 1. The van der Waals surface area contributed by atoms with E-state index in [4.69, 9.17) is 10.9 Å². The number of rotatable bonds is 2. The van der Waals surface area contributed by atoms with Gasteiger partial charge < -0.3 is 15.8 Å². The summed E-state index contributed by atoms with van der Waals surface area (Å²) in [6.07, 6.45) is 2.42. The van der Waals surface area contributed by atoms with Gasteiger partial charge in [-0.1, -0.05) is 25.1 Å². The summed E-state index contributed by atoms with van der Waals surface area (Å²) in [5.74, 6) is 0.179. The molecule has 1 heterocycles. The van der Waals surface area contributed by atoms with Crippen molar-refractivity contribution < 1.29 is 5.21 Å². The first-order valence-electron chi connectivity index (χ1n) is 6.76. The number of nitrogens with two attached hydrogens (primary N) is 1. The predicted octanol–water partition coefficient (Wildman–Crippen LogP) is 2.72. The van der Waals surface area contributed by atoms with Crippen LogP contribution in [-0.2, 0) is 0 Å². The number of anilines is 1. The second kappa shape index (κ2) is 5.11. The molecular weight excluding hydrogens is 238 g/mol. The van der Waals surface area contributed by atoms with Crippen LogP contribution in [0.4, 0.5) is 5.69 Å². The van der Waals surface area contributed by atoms with Gasteiger partial charge in [0.05, 0.1) is 0 Å². The first-order chi connectivity index (χ1) is 8.93. The molecule has 4 heteroatoms. The van der Waals surface area contributed by atoms with Crippen LogP contribution in [0.15, 0.2) is 23.4 Å². The Morgan fingerprint density at radius 3 is 2.79 bits per heavy atom. The highest BCUT2D eigenvalue weighted by Gasteiger charge is 2.28. The molecule has 0 amide bonds. The van der Waals surface area contributed by atoms with Crippen LogP contribution in [0.2, 0.25) is 0 Å². The third-order valence-corrected chi connectivity index (χ3v) is 3.78. The molecule has 4 nitrogen and oxygen atoms in total. The van der Waals surface area contributed by atoms with E-state index in [0.29, 0.717) is 5.41 Å². The molecule has 3 N–H and O–H groups in total. The zero-order valence-corrected chi connectivity index (χ0v) is 12.0. The van der Waals surface area contributed by atoms with Crippen LogP contribution < -0.4 is 10.6 Å². The highest BCUT2D eigenvalue weighted by Crippen LogP contribution is 2.33. The minimum Gasteiger partial charge on any atom is -0.409 e. The van der Waals surface area contributed by atoms with Crippen molar-refractivity contribution in [3.8, 4) is 0 Å². The van der Waals surface area contributed by atoms with Crippen LogP contribution in [0.5, 0.6) is 0 Å². The molecule has 1 aromatic carbocycles. The Balaban J connectivity index is 2.40. The average Bonchev–Trinajstić information content (AvgIpc) is 2.36. The molecule has 1 fully saturated rings. The van der Waals surface area contributed by atoms with E-state index in [1.807, 2.05) is 12.1 Å². The van der Waals surface area contributed by atoms with Crippen LogP contribution in [0.3, 0.4) is 0 Å². The quantitative estimate of drug-likeness (QED) is 0.372. The van der Waals surface area contributed by atoms with Crippen molar-refractivity contribution in [3.63, 3.8) is 0 Å². The topological polar surface area (TPSA) is 61.9 Å². The maximum atomic E-state index is 8.93. The molecule has 1 aliphatic heterocycles. The van der Waals surface area contributed by atoms with Crippen molar-refractivity contribution in [2.75, 3.05) is 18.0 Å². The Morgan fingerprint density at radius 2 is 2.16 bits per heavy atom. The van der Waals surface area contributed by atoms with E-state index < -0.39 is 0 Å². The Kier molecular flexibility index (Phi) is 3.69. The van der Waals surface area contributed by atoms with Crippen molar-refractivity contribution in [1.82, 2.24) is 0 Å². The van der Waals surface area contributed by atoms with Gasteiger partial charge in [-0.05, 0) is 42.9 Å². The lowest BCUT2D eigenvalue weighted by Gasteiger charge is -2.40. The van der Waals surface area contributed by atoms with Gasteiger partial charge in [-0.15, -0.1) is 0 Å². The zero-order valence-electron chi connectivity index (χ0n) is 12.0. The number of piperidine rings is 1. The van der Waals surface area contributed by atoms with Gasteiger partial charge in [-0.25, -0.2) is 0 Å². The van der Waals surface area contributed by atoms with Gasteiger partial charge in [0.15, 0.2) is 5.84 Å². The maximum Gasteiger partial charge on any atom is 0.172 e. The first-order valence-corrected chi connectivity index (χ1v) is 6.76. The highest BCUT2D eigenvalue weighted by atomic mass is 16.4. The third-order valence-electron chi connectivity index (χ3n) is 3.78. The molecule has 0 saturated carbocycles. The second-order valence-electron chi connectivity index (χ2n) is 6.20. The molecule has 104 valence electrons. The standard InChI is InChI=1S/C15H23N3O/c1-11-5-6-12(14(16)17-19)13(9-11)18-8-4-7-15(2,3)10-18/h5-6,9,19H,4,7-8,10H2,1-3H3,(H2,16,17). The minimum atomic E-state index is 0.179. The Hall–Kier alpha value is -1.71. The van der Waals surface area contributed by atoms with Gasteiger partial charge in [0.25, 0.3) is 0 Å². The number of aryl methyl sites for hydroxylation is 1. The maximum absolute atomic E-state index is 8.93. The van der Waals surface area contributed by atoms with Gasteiger partial charge in [-0.3, -0.25) is 0 Å². The second-order valence-corrected chi connectivity index (χ2v) is 6.20. The summed E-state index contributed by atoms with van der Waals surface area (Å²) in [4.78, 5) is 2.35. The van der Waals surface area contributed by atoms with Crippen LogP contribution in [0.1, 0.15) is 37.8 Å². The van der Waals surface area contributed by atoms with E-state index in [-0.39, 0.29) is 5.84 Å². The van der Waals surface area contributed by atoms with Gasteiger partial charge in [-0.2, -0.15) is 0 Å². The molecule has 0 atom stereocenters. The van der Waals surface area contributed by atoms with Gasteiger partial charge >= 0.3 is 0 Å². The molecule has 0 radical (unpaired) electrons. The van der Waals surface area contributed by atoms with E-state index in [1.54, 1.807) is 0 Å². The van der Waals surface area contributed by atoms with Gasteiger partial charge in [0, 0.05) is 24.3 Å². The molecule has 0 aromatic heterocycles. The van der Waals surface area contributed by atoms with Crippen LogP contribution in [-0.4, -0.2) is 24.1 Å². The highest BCUT2D eigenvalue weighted by molar-refractivity contribution is 6.02. The summed E-state index contributed by atoms with van der Waals surface area (Å²) >= 11 is 0. The van der Waals surface area contributed by atoms with Crippen molar-refractivity contribution >= 4 is 11.5 Å². The monoisotopic (exact) mass is 261 g/mol. The van der Waals surface area contributed by atoms with Gasteiger partial charge in [0.1, 0.15) is 0 Å². The largest absolute Gasteiger partial charge is 0.409 e.